The molecule has 8 heteroatoms. The van der Waals surface area contributed by atoms with Crippen molar-refractivity contribution in [1.82, 2.24) is 24.5 Å². The number of rotatable bonds is 5. The zero-order valence-electron chi connectivity index (χ0n) is 13.5. The summed E-state index contributed by atoms with van der Waals surface area (Å²) in [6, 6.07) is -0.175. The van der Waals surface area contributed by atoms with Gasteiger partial charge in [-0.2, -0.15) is 10.2 Å². The first-order valence-corrected chi connectivity index (χ1v) is 7.74. The van der Waals surface area contributed by atoms with Crippen molar-refractivity contribution in [3.8, 4) is 0 Å². The van der Waals surface area contributed by atoms with E-state index in [0.717, 1.165) is 31.6 Å². The first-order chi connectivity index (χ1) is 11.1. The quantitative estimate of drug-likeness (QED) is 0.905. The summed E-state index contributed by atoms with van der Waals surface area (Å²) in [6.45, 7) is 2.06. The van der Waals surface area contributed by atoms with Crippen molar-refractivity contribution < 1.29 is 9.53 Å². The molecule has 2 aromatic heterocycles. The lowest BCUT2D eigenvalue weighted by Gasteiger charge is -2.16. The molecule has 0 aromatic carbocycles. The van der Waals surface area contributed by atoms with Crippen molar-refractivity contribution in [3.63, 3.8) is 0 Å². The number of nitrogens with one attached hydrogen (secondary N) is 1. The lowest BCUT2D eigenvalue weighted by Crippen LogP contribution is -2.30. The van der Waals surface area contributed by atoms with E-state index in [1.165, 1.54) is 0 Å². The zero-order chi connectivity index (χ0) is 16.2. The number of hydrogen-bond acceptors (Lipinski definition) is 4. The molecule has 2 amide bonds. The van der Waals surface area contributed by atoms with Crippen LogP contribution in [-0.4, -0.2) is 50.3 Å². The molecule has 1 fully saturated rings. The van der Waals surface area contributed by atoms with Crippen molar-refractivity contribution in [2.24, 2.45) is 7.05 Å². The van der Waals surface area contributed by atoms with Crippen LogP contribution in [0.4, 0.5) is 10.5 Å². The molecule has 124 valence electrons. The summed E-state index contributed by atoms with van der Waals surface area (Å²) in [5, 5.41) is 11.2. The first kappa shape index (κ1) is 15.5. The lowest BCUT2D eigenvalue weighted by atomic mass is 10.2. The topological polar surface area (TPSA) is 77.2 Å². The third-order valence-electron chi connectivity index (χ3n) is 3.82. The molecule has 0 saturated carbocycles. The molecule has 1 saturated heterocycles. The Morgan fingerprint density at radius 2 is 2.30 bits per heavy atom. The minimum Gasteiger partial charge on any atom is -0.376 e. The van der Waals surface area contributed by atoms with Crippen molar-refractivity contribution in [2.45, 2.75) is 32.0 Å². The van der Waals surface area contributed by atoms with Gasteiger partial charge in [-0.25, -0.2) is 4.79 Å². The van der Waals surface area contributed by atoms with Gasteiger partial charge >= 0.3 is 6.03 Å². The number of carbonyl (C=O) groups is 1. The normalized spacial score (nSPS) is 17.4. The molecule has 0 aliphatic carbocycles. The van der Waals surface area contributed by atoms with Gasteiger partial charge in [-0.15, -0.1) is 0 Å². The van der Waals surface area contributed by atoms with Gasteiger partial charge < -0.3 is 15.0 Å². The number of amides is 2. The molecule has 2 aromatic rings. The largest absolute Gasteiger partial charge is 0.376 e. The van der Waals surface area contributed by atoms with E-state index in [9.17, 15) is 4.79 Å². The average molecular weight is 318 g/mol. The van der Waals surface area contributed by atoms with E-state index in [4.69, 9.17) is 4.74 Å². The Kier molecular flexibility index (Phi) is 4.61. The van der Waals surface area contributed by atoms with Gasteiger partial charge in [0, 0.05) is 38.7 Å². The van der Waals surface area contributed by atoms with E-state index in [1.807, 2.05) is 24.1 Å². The van der Waals surface area contributed by atoms with Gasteiger partial charge in [0.2, 0.25) is 0 Å². The van der Waals surface area contributed by atoms with E-state index in [0.29, 0.717) is 12.2 Å². The second kappa shape index (κ2) is 6.82. The number of hydrogen-bond donors (Lipinski definition) is 1. The highest BCUT2D eigenvalue weighted by molar-refractivity contribution is 5.88. The number of nitrogens with zero attached hydrogens (tertiary/aromatic N) is 5. The Hall–Kier alpha value is -2.35. The van der Waals surface area contributed by atoms with Crippen LogP contribution < -0.4 is 5.32 Å². The molecule has 0 bridgehead atoms. The SMILES string of the molecule is CN(Cc1cnn(C)c1)C(=O)Nc1cnn(CC2CCCO2)c1. The average Bonchev–Trinajstić information content (AvgIpc) is 3.24. The molecule has 3 heterocycles. The molecule has 3 rings (SSSR count). The van der Waals surface area contributed by atoms with E-state index < -0.39 is 0 Å². The van der Waals surface area contributed by atoms with Crippen molar-refractivity contribution in [1.29, 1.82) is 0 Å². The minimum atomic E-state index is -0.175. The third kappa shape index (κ3) is 4.10. The number of aromatic nitrogens is 4. The van der Waals surface area contributed by atoms with Gasteiger partial charge in [0.25, 0.3) is 0 Å². The van der Waals surface area contributed by atoms with Gasteiger partial charge in [0.1, 0.15) is 0 Å². The smallest absolute Gasteiger partial charge is 0.321 e. The predicted octanol–water partition coefficient (Wildman–Crippen LogP) is 1.46. The van der Waals surface area contributed by atoms with Crippen LogP contribution in [0.3, 0.4) is 0 Å². The van der Waals surface area contributed by atoms with E-state index in [-0.39, 0.29) is 12.1 Å². The fourth-order valence-corrected chi connectivity index (χ4v) is 2.64. The van der Waals surface area contributed by atoms with Crippen LogP contribution >= 0.6 is 0 Å². The molecule has 0 radical (unpaired) electrons. The number of ether oxygens (including phenoxy) is 1. The molecule has 8 nitrogen and oxygen atoms in total. The number of anilines is 1. The Morgan fingerprint density at radius 3 is 3.00 bits per heavy atom. The van der Waals surface area contributed by atoms with Crippen LogP contribution in [0.1, 0.15) is 18.4 Å². The minimum absolute atomic E-state index is 0.175. The van der Waals surface area contributed by atoms with Crippen LogP contribution in [0.25, 0.3) is 0 Å². The molecule has 0 spiro atoms. The zero-order valence-corrected chi connectivity index (χ0v) is 13.5. The Balaban J connectivity index is 1.51. The molecular formula is C15H22N6O2. The van der Waals surface area contributed by atoms with Gasteiger partial charge in [0.15, 0.2) is 0 Å². The number of urea groups is 1. The van der Waals surface area contributed by atoms with Crippen LogP contribution in [0.15, 0.2) is 24.8 Å². The van der Waals surface area contributed by atoms with Crippen LogP contribution in [0.5, 0.6) is 0 Å². The van der Waals surface area contributed by atoms with Crippen LogP contribution in [0, 0.1) is 0 Å². The summed E-state index contributed by atoms with van der Waals surface area (Å²) in [5.74, 6) is 0. The fourth-order valence-electron chi connectivity index (χ4n) is 2.64. The van der Waals surface area contributed by atoms with Crippen molar-refractivity contribution >= 4 is 11.7 Å². The third-order valence-corrected chi connectivity index (χ3v) is 3.82. The van der Waals surface area contributed by atoms with Gasteiger partial charge in [-0.3, -0.25) is 9.36 Å². The standard InChI is InChI=1S/C15H22N6O2/c1-19(8-12-6-16-20(2)9-12)15(22)18-13-7-17-21(10-13)11-14-4-3-5-23-14/h6-7,9-10,14H,3-5,8,11H2,1-2H3,(H,18,22). The maximum absolute atomic E-state index is 12.2. The summed E-state index contributed by atoms with van der Waals surface area (Å²) in [4.78, 5) is 13.8. The highest BCUT2D eigenvalue weighted by Crippen LogP contribution is 2.15. The summed E-state index contributed by atoms with van der Waals surface area (Å²) >= 11 is 0. The molecule has 1 aliphatic rings. The Bertz CT molecular complexity index is 658. The molecule has 1 N–H and O–H groups in total. The summed E-state index contributed by atoms with van der Waals surface area (Å²) in [6.07, 6.45) is 9.53. The Labute approximate surface area is 135 Å². The molecule has 23 heavy (non-hydrogen) atoms. The molecule has 1 unspecified atom stereocenters. The molecule has 1 atom stereocenters. The molecular weight excluding hydrogens is 296 g/mol. The monoisotopic (exact) mass is 318 g/mol. The Morgan fingerprint density at radius 1 is 1.43 bits per heavy atom. The molecule has 1 aliphatic heterocycles. The maximum atomic E-state index is 12.2. The first-order valence-electron chi connectivity index (χ1n) is 7.74. The number of aryl methyl sites for hydroxylation is 1. The van der Waals surface area contributed by atoms with E-state index in [1.54, 1.807) is 29.0 Å². The lowest BCUT2D eigenvalue weighted by molar-refractivity contribution is 0.0940. The van der Waals surface area contributed by atoms with E-state index >= 15 is 0 Å². The second-order valence-electron chi connectivity index (χ2n) is 5.89. The summed E-state index contributed by atoms with van der Waals surface area (Å²) in [7, 11) is 3.60. The fraction of sp³-hybridized carbons (Fsp3) is 0.533. The van der Waals surface area contributed by atoms with Gasteiger partial charge in [0.05, 0.1) is 37.3 Å². The summed E-state index contributed by atoms with van der Waals surface area (Å²) in [5.41, 5.74) is 1.67. The highest BCUT2D eigenvalue weighted by Gasteiger charge is 2.17. The van der Waals surface area contributed by atoms with E-state index in [2.05, 4.69) is 15.5 Å². The second-order valence-corrected chi connectivity index (χ2v) is 5.89. The van der Waals surface area contributed by atoms with Gasteiger partial charge in [-0.05, 0) is 12.8 Å². The van der Waals surface area contributed by atoms with Crippen LogP contribution in [0.2, 0.25) is 0 Å². The number of carbonyl (C=O) groups excluding carboxylic acids is 1. The van der Waals surface area contributed by atoms with Crippen molar-refractivity contribution in [2.75, 3.05) is 19.0 Å². The van der Waals surface area contributed by atoms with Crippen molar-refractivity contribution in [3.05, 3.63) is 30.4 Å². The predicted molar refractivity (Wildman–Crippen MR) is 84.9 cm³/mol. The maximum Gasteiger partial charge on any atom is 0.321 e. The van der Waals surface area contributed by atoms with Crippen LogP contribution in [-0.2, 0) is 24.9 Å². The summed E-state index contributed by atoms with van der Waals surface area (Å²) < 4.78 is 9.12. The highest BCUT2D eigenvalue weighted by atomic mass is 16.5. The van der Waals surface area contributed by atoms with Gasteiger partial charge in [-0.1, -0.05) is 0 Å².